The highest BCUT2D eigenvalue weighted by atomic mass is 32.1. The van der Waals surface area contributed by atoms with Crippen LogP contribution in [0.5, 0.6) is 5.75 Å². The monoisotopic (exact) mass is 372 g/mol. The van der Waals surface area contributed by atoms with E-state index in [0.717, 1.165) is 16.9 Å². The fourth-order valence-electron chi connectivity index (χ4n) is 3.15. The van der Waals surface area contributed by atoms with Crippen molar-refractivity contribution in [3.05, 3.63) is 51.7 Å². The van der Waals surface area contributed by atoms with E-state index in [2.05, 4.69) is 6.92 Å². The molecule has 0 bridgehead atoms. The van der Waals surface area contributed by atoms with Crippen LogP contribution < -0.4 is 4.74 Å². The molecule has 0 aliphatic carbocycles. The molecule has 1 saturated heterocycles. The van der Waals surface area contributed by atoms with Crippen molar-refractivity contribution >= 4 is 23.2 Å². The zero-order valence-electron chi connectivity index (χ0n) is 15.2. The van der Waals surface area contributed by atoms with Crippen LogP contribution in [0.15, 0.2) is 35.7 Å². The number of nitrogens with zero attached hydrogens (tertiary/aromatic N) is 2. The van der Waals surface area contributed by atoms with Gasteiger partial charge in [0, 0.05) is 31.1 Å². The summed E-state index contributed by atoms with van der Waals surface area (Å²) in [7, 11) is 1.58. The van der Waals surface area contributed by atoms with E-state index in [9.17, 15) is 9.59 Å². The Morgan fingerprint density at radius 2 is 1.85 bits per heavy atom. The number of ether oxygens (including phenoxy) is 1. The predicted molar refractivity (Wildman–Crippen MR) is 103 cm³/mol. The van der Waals surface area contributed by atoms with Crippen molar-refractivity contribution in [2.75, 3.05) is 33.3 Å². The van der Waals surface area contributed by atoms with Crippen molar-refractivity contribution in [2.24, 2.45) is 0 Å². The van der Waals surface area contributed by atoms with Gasteiger partial charge in [-0.15, -0.1) is 11.3 Å². The molecule has 2 heterocycles. The van der Waals surface area contributed by atoms with Crippen LogP contribution in [-0.4, -0.2) is 54.9 Å². The summed E-state index contributed by atoms with van der Waals surface area (Å²) in [6, 6.07) is 9.69. The quantitative estimate of drug-likeness (QED) is 0.811. The van der Waals surface area contributed by atoms with Gasteiger partial charge >= 0.3 is 0 Å². The number of carbonyl (C=O) groups excluding carboxylic acids is 2. The molecule has 3 rings (SSSR count). The number of carbonyl (C=O) groups is 2. The third kappa shape index (κ3) is 4.07. The first-order valence-electron chi connectivity index (χ1n) is 8.88. The first-order valence-corrected chi connectivity index (χ1v) is 9.76. The molecule has 26 heavy (non-hydrogen) atoms. The standard InChI is InChI=1S/C20H24N2O3S/c1-3-15-6-7-18(25-2)17(13-15)20(24)22-10-8-21(9-11-22)19(23)14-16-5-4-12-26-16/h4-7,12-13H,3,8-11,14H2,1-2H3. The van der Waals surface area contributed by atoms with Crippen molar-refractivity contribution in [1.82, 2.24) is 9.80 Å². The first-order chi connectivity index (χ1) is 12.6. The SMILES string of the molecule is CCc1ccc(OC)c(C(=O)N2CCN(C(=O)Cc3cccs3)CC2)c1. The Kier molecular flexibility index (Phi) is 5.93. The van der Waals surface area contributed by atoms with Gasteiger partial charge in [0.15, 0.2) is 0 Å². The van der Waals surface area contributed by atoms with Gasteiger partial charge in [-0.3, -0.25) is 9.59 Å². The van der Waals surface area contributed by atoms with Crippen LogP contribution in [-0.2, 0) is 17.6 Å². The van der Waals surface area contributed by atoms with Crippen molar-refractivity contribution in [2.45, 2.75) is 19.8 Å². The van der Waals surface area contributed by atoms with E-state index in [1.807, 2.05) is 45.5 Å². The normalized spacial score (nSPS) is 14.4. The number of piperazine rings is 1. The van der Waals surface area contributed by atoms with Crippen LogP contribution in [0.2, 0.25) is 0 Å². The van der Waals surface area contributed by atoms with Crippen molar-refractivity contribution in [3.63, 3.8) is 0 Å². The van der Waals surface area contributed by atoms with Crippen LogP contribution in [0.4, 0.5) is 0 Å². The van der Waals surface area contributed by atoms with E-state index in [0.29, 0.717) is 43.9 Å². The molecule has 1 fully saturated rings. The zero-order chi connectivity index (χ0) is 18.5. The summed E-state index contributed by atoms with van der Waals surface area (Å²) in [4.78, 5) is 30.1. The summed E-state index contributed by atoms with van der Waals surface area (Å²) < 4.78 is 5.36. The van der Waals surface area contributed by atoms with Crippen LogP contribution in [0, 0.1) is 0 Å². The van der Waals surface area contributed by atoms with Crippen LogP contribution >= 0.6 is 11.3 Å². The van der Waals surface area contributed by atoms with Gasteiger partial charge in [-0.05, 0) is 35.6 Å². The number of hydrogen-bond acceptors (Lipinski definition) is 4. The molecular formula is C20H24N2O3S. The van der Waals surface area contributed by atoms with Crippen LogP contribution in [0.25, 0.3) is 0 Å². The summed E-state index contributed by atoms with van der Waals surface area (Å²) in [6.07, 6.45) is 1.31. The van der Waals surface area contributed by atoms with Gasteiger partial charge in [0.1, 0.15) is 5.75 Å². The van der Waals surface area contributed by atoms with E-state index < -0.39 is 0 Å². The van der Waals surface area contributed by atoms with Crippen LogP contribution in [0.1, 0.15) is 27.7 Å². The second kappa shape index (κ2) is 8.36. The molecule has 0 unspecified atom stereocenters. The van der Waals surface area contributed by atoms with E-state index in [-0.39, 0.29) is 11.8 Å². The lowest BCUT2D eigenvalue weighted by atomic mass is 10.1. The summed E-state index contributed by atoms with van der Waals surface area (Å²) >= 11 is 1.60. The Labute approximate surface area is 158 Å². The second-order valence-electron chi connectivity index (χ2n) is 6.32. The second-order valence-corrected chi connectivity index (χ2v) is 7.35. The molecule has 138 valence electrons. The first kappa shape index (κ1) is 18.5. The summed E-state index contributed by atoms with van der Waals surface area (Å²) in [6.45, 7) is 4.31. The number of aryl methyl sites for hydroxylation is 1. The molecule has 0 radical (unpaired) electrons. The van der Waals surface area contributed by atoms with Crippen LogP contribution in [0.3, 0.4) is 0 Å². The van der Waals surface area contributed by atoms with Gasteiger partial charge in [0.05, 0.1) is 19.1 Å². The molecule has 1 aromatic carbocycles. The number of benzene rings is 1. The maximum atomic E-state index is 12.9. The molecule has 1 aliphatic heterocycles. The Morgan fingerprint density at radius 3 is 2.46 bits per heavy atom. The molecule has 0 saturated carbocycles. The molecule has 2 aromatic rings. The van der Waals surface area contributed by atoms with E-state index in [4.69, 9.17) is 4.74 Å². The molecule has 6 heteroatoms. The highest BCUT2D eigenvalue weighted by Gasteiger charge is 2.26. The average molecular weight is 372 g/mol. The summed E-state index contributed by atoms with van der Waals surface area (Å²) in [5.41, 5.74) is 1.71. The lowest BCUT2D eigenvalue weighted by Crippen LogP contribution is -2.51. The molecular weight excluding hydrogens is 348 g/mol. The van der Waals surface area contributed by atoms with Gasteiger partial charge in [-0.25, -0.2) is 0 Å². The molecule has 1 aromatic heterocycles. The molecule has 2 amide bonds. The topological polar surface area (TPSA) is 49.9 Å². The molecule has 0 N–H and O–H groups in total. The number of rotatable bonds is 5. The third-order valence-corrected chi connectivity index (χ3v) is 5.60. The minimum Gasteiger partial charge on any atom is -0.496 e. The molecule has 0 spiro atoms. The molecule has 1 aliphatic rings. The van der Waals surface area contributed by atoms with Gasteiger partial charge < -0.3 is 14.5 Å². The fraction of sp³-hybridized carbons (Fsp3) is 0.400. The Bertz CT molecular complexity index is 765. The number of methoxy groups -OCH3 is 1. The highest BCUT2D eigenvalue weighted by Crippen LogP contribution is 2.23. The molecule has 0 atom stereocenters. The number of amides is 2. The average Bonchev–Trinajstić information content (AvgIpc) is 3.20. The minimum absolute atomic E-state index is 0.0255. The van der Waals surface area contributed by atoms with Crippen molar-refractivity contribution in [3.8, 4) is 5.75 Å². The maximum Gasteiger partial charge on any atom is 0.257 e. The van der Waals surface area contributed by atoms with E-state index >= 15 is 0 Å². The van der Waals surface area contributed by atoms with Gasteiger partial charge in [-0.2, -0.15) is 0 Å². The predicted octanol–water partition coefficient (Wildman–Crippen LogP) is 2.85. The maximum absolute atomic E-state index is 12.9. The highest BCUT2D eigenvalue weighted by molar-refractivity contribution is 7.10. The Balaban J connectivity index is 1.62. The molecule has 5 nitrogen and oxygen atoms in total. The minimum atomic E-state index is -0.0255. The lowest BCUT2D eigenvalue weighted by Gasteiger charge is -2.35. The van der Waals surface area contributed by atoms with E-state index in [1.54, 1.807) is 18.4 Å². The smallest absolute Gasteiger partial charge is 0.257 e. The summed E-state index contributed by atoms with van der Waals surface area (Å²) in [5.74, 6) is 0.705. The third-order valence-electron chi connectivity index (χ3n) is 4.73. The number of thiophene rings is 1. The zero-order valence-corrected chi connectivity index (χ0v) is 16.1. The van der Waals surface area contributed by atoms with Gasteiger partial charge in [0.2, 0.25) is 5.91 Å². The Morgan fingerprint density at radius 1 is 1.12 bits per heavy atom. The fourth-order valence-corrected chi connectivity index (χ4v) is 3.84. The summed E-state index contributed by atoms with van der Waals surface area (Å²) in [5, 5.41) is 1.98. The lowest BCUT2D eigenvalue weighted by molar-refractivity contribution is -0.131. The van der Waals surface area contributed by atoms with E-state index in [1.165, 1.54) is 0 Å². The van der Waals surface area contributed by atoms with Gasteiger partial charge in [-0.1, -0.05) is 19.1 Å². The Hall–Kier alpha value is -2.34. The van der Waals surface area contributed by atoms with Crippen molar-refractivity contribution < 1.29 is 14.3 Å². The largest absolute Gasteiger partial charge is 0.496 e. The van der Waals surface area contributed by atoms with Gasteiger partial charge in [0.25, 0.3) is 5.91 Å². The van der Waals surface area contributed by atoms with Crippen molar-refractivity contribution in [1.29, 1.82) is 0 Å². The number of hydrogen-bond donors (Lipinski definition) is 0.